The van der Waals surface area contributed by atoms with Crippen molar-refractivity contribution in [2.75, 3.05) is 13.1 Å². The van der Waals surface area contributed by atoms with Gasteiger partial charge in [0, 0.05) is 6.42 Å². The number of carboxylic acids is 1. The fourth-order valence-corrected chi connectivity index (χ4v) is 4.20. The van der Waals surface area contributed by atoms with Crippen molar-refractivity contribution in [3.8, 4) is 5.75 Å². The zero-order valence-corrected chi connectivity index (χ0v) is 26.0. The average molecular weight is 612 g/mol. The Balaban J connectivity index is 1.87. The minimum atomic E-state index is -1.17. The number of carboxylic acid groups (broad SMARTS) is 1. The van der Waals surface area contributed by atoms with Gasteiger partial charge in [0.1, 0.15) is 23.4 Å². The summed E-state index contributed by atoms with van der Waals surface area (Å²) in [5.74, 6) is -2.93. The van der Waals surface area contributed by atoms with E-state index in [9.17, 15) is 29.1 Å². The van der Waals surface area contributed by atoms with Crippen molar-refractivity contribution >= 4 is 29.6 Å². The molecule has 3 atom stereocenters. The second kappa shape index (κ2) is 17.0. The largest absolute Gasteiger partial charge is 0.488 e. The third-order valence-corrected chi connectivity index (χ3v) is 6.27. The first-order valence-corrected chi connectivity index (χ1v) is 14.6. The Morgan fingerprint density at radius 3 is 1.93 bits per heavy atom. The van der Waals surface area contributed by atoms with Crippen LogP contribution in [0.15, 0.2) is 54.6 Å². The molecular weight excluding hydrogens is 566 g/mol. The van der Waals surface area contributed by atoms with Crippen LogP contribution in [0.3, 0.4) is 0 Å². The molecule has 0 aliphatic heterocycles. The maximum absolute atomic E-state index is 13.0. The maximum Gasteiger partial charge on any atom is 0.326 e. The summed E-state index contributed by atoms with van der Waals surface area (Å²) in [4.78, 5) is 62.1. The molecule has 0 aromatic heterocycles. The smallest absolute Gasteiger partial charge is 0.326 e. The Labute approximate surface area is 258 Å². The highest BCUT2D eigenvalue weighted by atomic mass is 16.5. The van der Waals surface area contributed by atoms with Crippen LogP contribution in [0.25, 0.3) is 0 Å². The lowest BCUT2D eigenvalue weighted by Crippen LogP contribution is -2.54. The minimum absolute atomic E-state index is 0.0175. The fraction of sp³-hybridized carbons (Fsp3) is 0.469. The molecule has 2 aromatic carbocycles. The minimum Gasteiger partial charge on any atom is -0.488 e. The van der Waals surface area contributed by atoms with Gasteiger partial charge in [0.2, 0.25) is 23.6 Å². The maximum atomic E-state index is 13.0. The second-order valence-corrected chi connectivity index (χ2v) is 12.0. The van der Waals surface area contributed by atoms with Gasteiger partial charge in [-0.2, -0.15) is 0 Å². The summed E-state index contributed by atoms with van der Waals surface area (Å²) in [6, 6.07) is 13.1. The lowest BCUT2D eigenvalue weighted by molar-refractivity contribution is -0.142. The van der Waals surface area contributed by atoms with E-state index in [0.29, 0.717) is 5.75 Å². The van der Waals surface area contributed by atoms with Gasteiger partial charge < -0.3 is 36.8 Å². The summed E-state index contributed by atoms with van der Waals surface area (Å²) in [6.07, 6.45) is 0.578. The first kappa shape index (κ1) is 35.7. The quantitative estimate of drug-likeness (QED) is 0.164. The van der Waals surface area contributed by atoms with Crippen LogP contribution in [-0.4, -0.2) is 71.5 Å². The van der Waals surface area contributed by atoms with Gasteiger partial charge in [0.15, 0.2) is 0 Å². The summed E-state index contributed by atoms with van der Waals surface area (Å²) in [5.41, 5.74) is 7.25. The van der Waals surface area contributed by atoms with Crippen LogP contribution >= 0.6 is 0 Å². The number of benzene rings is 2. The van der Waals surface area contributed by atoms with E-state index in [-0.39, 0.29) is 30.8 Å². The first-order chi connectivity index (χ1) is 20.6. The summed E-state index contributed by atoms with van der Waals surface area (Å²) < 4.78 is 5.78. The number of carbonyl (C=O) groups is 5. The van der Waals surface area contributed by atoms with Crippen molar-refractivity contribution in [3.05, 3.63) is 65.7 Å². The van der Waals surface area contributed by atoms with E-state index < -0.39 is 60.8 Å². The summed E-state index contributed by atoms with van der Waals surface area (Å²) in [6.45, 7) is 8.65. The normalized spacial score (nSPS) is 13.2. The molecule has 240 valence electrons. The Bertz CT molecular complexity index is 1260. The number of hydrogen-bond acceptors (Lipinski definition) is 7. The molecule has 2 aromatic rings. The molecular formula is C32H45N5O7. The van der Waals surface area contributed by atoms with Gasteiger partial charge >= 0.3 is 5.97 Å². The predicted octanol–water partition coefficient (Wildman–Crippen LogP) is 1.31. The zero-order valence-electron chi connectivity index (χ0n) is 26.0. The van der Waals surface area contributed by atoms with Crippen LogP contribution in [0.5, 0.6) is 5.75 Å². The van der Waals surface area contributed by atoms with Gasteiger partial charge in [-0.15, -0.1) is 0 Å². The fourth-order valence-electron chi connectivity index (χ4n) is 4.20. The number of amides is 4. The number of nitrogens with two attached hydrogens (primary N) is 1. The predicted molar refractivity (Wildman–Crippen MR) is 166 cm³/mol. The number of carbonyl (C=O) groups excluding carboxylic acids is 4. The zero-order chi connectivity index (χ0) is 32.9. The van der Waals surface area contributed by atoms with E-state index in [2.05, 4.69) is 21.3 Å². The molecule has 0 fully saturated rings. The second-order valence-electron chi connectivity index (χ2n) is 12.0. The molecule has 0 bridgehead atoms. The molecule has 12 heteroatoms. The number of nitrogens with one attached hydrogen (secondary N) is 4. The van der Waals surface area contributed by atoms with E-state index in [1.807, 2.05) is 52.8 Å². The highest BCUT2D eigenvalue weighted by molar-refractivity contribution is 5.93. The third kappa shape index (κ3) is 13.7. The van der Waals surface area contributed by atoms with Crippen LogP contribution in [0.4, 0.5) is 0 Å². The summed E-state index contributed by atoms with van der Waals surface area (Å²) >= 11 is 0. The highest BCUT2D eigenvalue weighted by Gasteiger charge is 2.27. The van der Waals surface area contributed by atoms with Crippen molar-refractivity contribution in [1.82, 2.24) is 21.3 Å². The molecule has 7 N–H and O–H groups in total. The Hall–Kier alpha value is -4.45. The lowest BCUT2D eigenvalue weighted by Gasteiger charge is -2.22. The van der Waals surface area contributed by atoms with Crippen LogP contribution in [0, 0.1) is 5.92 Å². The molecule has 44 heavy (non-hydrogen) atoms. The Morgan fingerprint density at radius 2 is 1.36 bits per heavy atom. The van der Waals surface area contributed by atoms with E-state index in [0.717, 1.165) is 11.1 Å². The standard InChI is InChI=1S/C32H45N5O7/c1-20(2)15-26(31(42)43)37-30(41)25(17-21-9-7-6-8-10-21)36-28(39)19-34-27(38)18-35-29(40)24(33)16-22-11-13-23(14-12-22)44-32(3,4)5/h6-14,20,24-26H,15-19,33H2,1-5H3,(H,34,38)(H,35,40)(H,36,39)(H,37,41)(H,42,43)/t24-,25-,26-/m0/s1. The van der Waals surface area contributed by atoms with E-state index >= 15 is 0 Å². The van der Waals surface area contributed by atoms with Crippen molar-refractivity contribution in [2.45, 2.75) is 77.6 Å². The Kier molecular flexibility index (Phi) is 13.8. The van der Waals surface area contributed by atoms with Crippen molar-refractivity contribution in [2.24, 2.45) is 11.7 Å². The van der Waals surface area contributed by atoms with E-state index in [1.54, 1.807) is 36.4 Å². The molecule has 2 rings (SSSR count). The number of aliphatic carboxylic acids is 1. The molecule has 0 saturated heterocycles. The Morgan fingerprint density at radius 1 is 0.773 bits per heavy atom. The molecule has 0 spiro atoms. The first-order valence-electron chi connectivity index (χ1n) is 14.6. The van der Waals surface area contributed by atoms with Crippen molar-refractivity contribution in [1.29, 1.82) is 0 Å². The monoisotopic (exact) mass is 611 g/mol. The van der Waals surface area contributed by atoms with Gasteiger partial charge in [0.05, 0.1) is 19.1 Å². The number of hydrogen-bond donors (Lipinski definition) is 6. The topological polar surface area (TPSA) is 189 Å². The van der Waals surface area contributed by atoms with Crippen LogP contribution in [0.1, 0.15) is 52.2 Å². The summed E-state index contributed by atoms with van der Waals surface area (Å²) in [5, 5.41) is 19.4. The molecule has 4 amide bonds. The molecule has 0 unspecified atom stereocenters. The lowest BCUT2D eigenvalue weighted by atomic mass is 10.0. The molecule has 12 nitrogen and oxygen atoms in total. The molecule has 0 saturated carbocycles. The number of ether oxygens (including phenoxy) is 1. The van der Waals surface area contributed by atoms with E-state index in [4.69, 9.17) is 10.5 Å². The third-order valence-electron chi connectivity index (χ3n) is 6.27. The van der Waals surface area contributed by atoms with Gasteiger partial charge in [-0.1, -0.05) is 56.3 Å². The summed E-state index contributed by atoms with van der Waals surface area (Å²) in [7, 11) is 0. The number of rotatable bonds is 16. The molecule has 0 heterocycles. The van der Waals surface area contributed by atoms with Gasteiger partial charge in [-0.3, -0.25) is 19.2 Å². The van der Waals surface area contributed by atoms with Crippen LogP contribution in [-0.2, 0) is 36.8 Å². The molecule has 0 radical (unpaired) electrons. The van der Waals surface area contributed by atoms with Gasteiger partial charge in [-0.05, 0) is 62.8 Å². The molecule has 0 aliphatic carbocycles. The van der Waals surface area contributed by atoms with Crippen molar-refractivity contribution < 1.29 is 33.8 Å². The highest BCUT2D eigenvalue weighted by Crippen LogP contribution is 2.19. The van der Waals surface area contributed by atoms with Gasteiger partial charge in [-0.25, -0.2) is 4.79 Å². The van der Waals surface area contributed by atoms with E-state index in [1.165, 1.54) is 0 Å². The average Bonchev–Trinajstić information content (AvgIpc) is 2.94. The molecule has 0 aliphatic rings. The van der Waals surface area contributed by atoms with Crippen LogP contribution < -0.4 is 31.7 Å². The van der Waals surface area contributed by atoms with Crippen molar-refractivity contribution in [3.63, 3.8) is 0 Å². The van der Waals surface area contributed by atoms with Crippen LogP contribution in [0.2, 0.25) is 0 Å². The SMILES string of the molecule is CC(C)C[C@H](NC(=O)[C@H](Cc1ccccc1)NC(=O)CNC(=O)CNC(=O)[C@@H](N)Cc1ccc(OC(C)(C)C)cc1)C(=O)O. The van der Waals surface area contributed by atoms with Gasteiger partial charge in [0.25, 0.3) is 0 Å².